The van der Waals surface area contributed by atoms with Crippen molar-refractivity contribution in [1.82, 2.24) is 9.88 Å². The molecule has 0 saturated heterocycles. The minimum absolute atomic E-state index is 0. The van der Waals surface area contributed by atoms with E-state index in [0.717, 1.165) is 16.7 Å². The van der Waals surface area contributed by atoms with E-state index < -0.39 is 11.7 Å². The standard InChI is InChI=1S/C30H42N4O4.BrH/c1-11-34(27(37)38-30(8,9)10)23-13-12-18-16-33(26(31)24(18)32-23)17-22(35)19-14-20(28(2,3)4)25(36)21(15-19)29(5,6)7;/h12-15,31,36H,11,16-17H2,1-10H3;1H. The SMILES string of the molecule is Br.CCN(C(=O)OC(C)(C)C)c1ccc2c(n1)C(=N)N(CC(=O)c1cc(C(C)(C)C)c(O)c(C(C)(C)C)c1)C2. The molecule has 0 aliphatic carbocycles. The number of amidine groups is 1. The Hall–Kier alpha value is -2.94. The normalized spacial score (nSPS) is 13.6. The maximum Gasteiger partial charge on any atom is 0.415 e. The monoisotopic (exact) mass is 602 g/mol. The van der Waals surface area contributed by atoms with Gasteiger partial charge in [0, 0.05) is 35.3 Å². The van der Waals surface area contributed by atoms with Gasteiger partial charge in [0.2, 0.25) is 0 Å². The van der Waals surface area contributed by atoms with E-state index in [1.165, 1.54) is 4.90 Å². The Morgan fingerprint density at radius 2 is 1.56 bits per heavy atom. The Balaban J connectivity index is 0.00000533. The number of carbonyl (C=O) groups is 2. The third-order valence-corrected chi connectivity index (χ3v) is 6.45. The maximum atomic E-state index is 13.5. The van der Waals surface area contributed by atoms with Gasteiger partial charge in [0.1, 0.15) is 28.7 Å². The average molecular weight is 604 g/mol. The van der Waals surface area contributed by atoms with Gasteiger partial charge in [-0.1, -0.05) is 47.6 Å². The van der Waals surface area contributed by atoms with Crippen LogP contribution >= 0.6 is 17.0 Å². The maximum absolute atomic E-state index is 13.5. The molecule has 1 aromatic carbocycles. The quantitative estimate of drug-likeness (QED) is 0.367. The number of phenols is 1. The second-order valence-corrected chi connectivity index (χ2v) is 12.9. The van der Waals surface area contributed by atoms with Gasteiger partial charge in [-0.15, -0.1) is 17.0 Å². The second kappa shape index (κ2) is 11.3. The fourth-order valence-corrected chi connectivity index (χ4v) is 4.44. The number of anilines is 1. The number of carbonyl (C=O) groups excluding carboxylic acids is 2. The topological polar surface area (TPSA) is 107 Å². The van der Waals surface area contributed by atoms with Crippen molar-refractivity contribution in [1.29, 1.82) is 5.41 Å². The van der Waals surface area contributed by atoms with E-state index in [0.29, 0.717) is 30.2 Å². The van der Waals surface area contributed by atoms with E-state index in [4.69, 9.17) is 10.1 Å². The molecule has 0 atom stereocenters. The Bertz CT molecular complexity index is 1230. The van der Waals surface area contributed by atoms with Crippen LogP contribution < -0.4 is 4.90 Å². The summed E-state index contributed by atoms with van der Waals surface area (Å²) >= 11 is 0. The highest BCUT2D eigenvalue weighted by Gasteiger charge is 2.32. The van der Waals surface area contributed by atoms with Crippen molar-refractivity contribution in [2.45, 2.75) is 92.2 Å². The number of pyridine rings is 1. The third kappa shape index (κ3) is 7.18. The van der Waals surface area contributed by atoms with Gasteiger partial charge < -0.3 is 14.7 Å². The first-order valence-electron chi connectivity index (χ1n) is 13.1. The molecule has 0 spiro atoms. The van der Waals surface area contributed by atoms with Gasteiger partial charge in [0.05, 0.1) is 6.54 Å². The number of phenolic OH excluding ortho intramolecular Hbond substituents is 1. The van der Waals surface area contributed by atoms with Crippen molar-refractivity contribution in [3.63, 3.8) is 0 Å². The molecule has 8 nitrogen and oxygen atoms in total. The minimum Gasteiger partial charge on any atom is -0.507 e. The lowest BCUT2D eigenvalue weighted by Gasteiger charge is -2.28. The van der Waals surface area contributed by atoms with Crippen LogP contribution in [-0.4, -0.2) is 51.4 Å². The molecule has 2 N–H and O–H groups in total. The van der Waals surface area contributed by atoms with Gasteiger partial charge in [-0.05, 0) is 56.7 Å². The number of aromatic nitrogens is 1. The van der Waals surface area contributed by atoms with Crippen LogP contribution in [0, 0.1) is 5.41 Å². The Morgan fingerprint density at radius 3 is 2.03 bits per heavy atom. The van der Waals surface area contributed by atoms with Gasteiger partial charge in [0.15, 0.2) is 5.78 Å². The number of hydrogen-bond donors (Lipinski definition) is 2. The third-order valence-electron chi connectivity index (χ3n) is 6.45. The van der Waals surface area contributed by atoms with Crippen molar-refractivity contribution in [3.05, 3.63) is 52.2 Å². The van der Waals surface area contributed by atoms with E-state index in [2.05, 4.69) is 4.98 Å². The molecule has 1 amide bonds. The molecule has 9 heteroatoms. The van der Waals surface area contributed by atoms with Crippen molar-refractivity contribution >= 4 is 40.5 Å². The Morgan fingerprint density at radius 1 is 1.03 bits per heavy atom. The Kier molecular flexibility index (Phi) is 9.33. The number of nitrogens with zero attached hydrogens (tertiary/aromatic N) is 3. The molecule has 39 heavy (non-hydrogen) atoms. The number of amides is 1. The summed E-state index contributed by atoms with van der Waals surface area (Å²) in [6.45, 7) is 20.1. The zero-order valence-electron chi connectivity index (χ0n) is 24.9. The van der Waals surface area contributed by atoms with E-state index >= 15 is 0 Å². The molecule has 1 aliphatic heterocycles. The molecule has 214 valence electrons. The summed E-state index contributed by atoms with van der Waals surface area (Å²) < 4.78 is 5.51. The molecule has 2 heterocycles. The van der Waals surface area contributed by atoms with Crippen LogP contribution in [0.15, 0.2) is 24.3 Å². The molecule has 2 aromatic rings. The van der Waals surface area contributed by atoms with Crippen LogP contribution in [-0.2, 0) is 22.1 Å². The summed E-state index contributed by atoms with van der Waals surface area (Å²) in [7, 11) is 0. The summed E-state index contributed by atoms with van der Waals surface area (Å²) in [5, 5.41) is 19.7. The summed E-state index contributed by atoms with van der Waals surface area (Å²) in [6, 6.07) is 7.14. The van der Waals surface area contributed by atoms with Crippen LogP contribution in [0.25, 0.3) is 0 Å². The summed E-state index contributed by atoms with van der Waals surface area (Å²) in [5.41, 5.74) is 1.89. The predicted octanol–water partition coefficient (Wildman–Crippen LogP) is 6.75. The molecular formula is C30H43BrN4O4. The first-order chi connectivity index (χ1) is 17.3. The second-order valence-electron chi connectivity index (χ2n) is 12.9. The van der Waals surface area contributed by atoms with Crippen molar-refractivity contribution < 1.29 is 19.4 Å². The van der Waals surface area contributed by atoms with E-state index in [9.17, 15) is 14.7 Å². The fourth-order valence-electron chi connectivity index (χ4n) is 4.44. The minimum atomic E-state index is -0.640. The van der Waals surface area contributed by atoms with Gasteiger partial charge in [-0.2, -0.15) is 0 Å². The van der Waals surface area contributed by atoms with Gasteiger partial charge in [0.25, 0.3) is 0 Å². The van der Waals surface area contributed by atoms with Crippen LogP contribution in [0.5, 0.6) is 5.75 Å². The largest absolute Gasteiger partial charge is 0.507 e. The zero-order chi connectivity index (χ0) is 28.8. The molecular weight excluding hydrogens is 560 g/mol. The molecule has 1 aliphatic rings. The van der Waals surface area contributed by atoms with Gasteiger partial charge >= 0.3 is 6.09 Å². The van der Waals surface area contributed by atoms with E-state index in [1.54, 1.807) is 23.1 Å². The van der Waals surface area contributed by atoms with Crippen LogP contribution in [0.1, 0.15) is 102 Å². The van der Waals surface area contributed by atoms with E-state index in [1.807, 2.05) is 75.3 Å². The lowest BCUT2D eigenvalue weighted by molar-refractivity contribution is 0.0581. The number of ketones is 1. The number of benzene rings is 1. The number of Topliss-reactive ketones (excluding diaryl/α,β-unsaturated/α-hetero) is 1. The summed E-state index contributed by atoms with van der Waals surface area (Å²) in [5.74, 6) is 0.635. The van der Waals surface area contributed by atoms with Crippen LogP contribution in [0.2, 0.25) is 0 Å². The molecule has 0 radical (unpaired) electrons. The number of rotatable bonds is 5. The molecule has 0 fully saturated rings. The number of aromatic hydroxyl groups is 1. The Labute approximate surface area is 243 Å². The first kappa shape index (κ1) is 32.3. The number of nitrogens with one attached hydrogen (secondary N) is 1. The lowest BCUT2D eigenvalue weighted by Crippen LogP contribution is -2.37. The highest BCUT2D eigenvalue weighted by atomic mass is 79.9. The predicted molar refractivity (Wildman–Crippen MR) is 161 cm³/mol. The molecule has 0 unspecified atom stereocenters. The van der Waals surface area contributed by atoms with Gasteiger partial charge in [-0.25, -0.2) is 9.78 Å². The molecule has 1 aromatic heterocycles. The van der Waals surface area contributed by atoms with E-state index in [-0.39, 0.29) is 51.7 Å². The number of hydrogen-bond acceptors (Lipinski definition) is 6. The number of ether oxygens (including phenoxy) is 1. The van der Waals surface area contributed by atoms with Gasteiger partial charge in [-0.3, -0.25) is 15.1 Å². The number of fused-ring (bicyclic) bond motifs is 1. The fraction of sp³-hybridized carbons (Fsp3) is 0.533. The average Bonchev–Trinajstić information content (AvgIpc) is 3.06. The van der Waals surface area contributed by atoms with Crippen molar-refractivity contribution in [3.8, 4) is 5.75 Å². The number of halogens is 1. The zero-order valence-corrected chi connectivity index (χ0v) is 26.6. The lowest BCUT2D eigenvalue weighted by atomic mass is 9.78. The highest BCUT2D eigenvalue weighted by Crippen LogP contribution is 2.40. The molecule has 3 rings (SSSR count). The smallest absolute Gasteiger partial charge is 0.415 e. The molecule has 0 saturated carbocycles. The highest BCUT2D eigenvalue weighted by molar-refractivity contribution is 8.93. The summed E-state index contributed by atoms with van der Waals surface area (Å²) in [6.07, 6.45) is -0.499. The molecule has 0 bridgehead atoms. The summed E-state index contributed by atoms with van der Waals surface area (Å²) in [4.78, 5) is 33.9. The van der Waals surface area contributed by atoms with Crippen molar-refractivity contribution in [2.24, 2.45) is 0 Å². The van der Waals surface area contributed by atoms with Crippen molar-refractivity contribution in [2.75, 3.05) is 18.0 Å². The van der Waals surface area contributed by atoms with Crippen LogP contribution in [0.3, 0.4) is 0 Å². The first-order valence-corrected chi connectivity index (χ1v) is 13.1. The van der Waals surface area contributed by atoms with Crippen LogP contribution in [0.4, 0.5) is 10.6 Å².